The van der Waals surface area contributed by atoms with E-state index >= 15 is 0 Å². The molecule has 2 heterocycles. The molecule has 2 aromatic rings. The van der Waals surface area contributed by atoms with Crippen LogP contribution in [0.15, 0.2) is 36.7 Å². The molecular formula is C18H24ClN3O. The van der Waals surface area contributed by atoms with Gasteiger partial charge in [-0.3, -0.25) is 4.68 Å². The van der Waals surface area contributed by atoms with Gasteiger partial charge in [-0.2, -0.15) is 5.10 Å². The molecule has 1 aromatic carbocycles. The summed E-state index contributed by atoms with van der Waals surface area (Å²) < 4.78 is 8.02. The highest BCUT2D eigenvalue weighted by atomic mass is 35.5. The summed E-state index contributed by atoms with van der Waals surface area (Å²) in [5.41, 5.74) is 2.19. The van der Waals surface area contributed by atoms with Crippen LogP contribution in [0.2, 0.25) is 5.02 Å². The van der Waals surface area contributed by atoms with Gasteiger partial charge in [0.1, 0.15) is 6.10 Å². The average molecular weight is 334 g/mol. The number of nitrogens with zero attached hydrogens (tertiary/aromatic N) is 3. The van der Waals surface area contributed by atoms with Crippen molar-refractivity contribution in [2.45, 2.75) is 25.4 Å². The first-order chi connectivity index (χ1) is 11.2. The zero-order chi connectivity index (χ0) is 16.1. The Balaban J connectivity index is 1.62. The van der Waals surface area contributed by atoms with Crippen LogP contribution in [0.4, 0.5) is 0 Å². The zero-order valence-electron chi connectivity index (χ0n) is 13.6. The largest absolute Gasteiger partial charge is 0.369 e. The molecule has 0 spiro atoms. The van der Waals surface area contributed by atoms with Crippen LogP contribution in [0.25, 0.3) is 0 Å². The number of hydrogen-bond acceptors (Lipinski definition) is 3. The molecule has 3 rings (SSSR count). The van der Waals surface area contributed by atoms with Crippen molar-refractivity contribution >= 4 is 11.6 Å². The van der Waals surface area contributed by atoms with Gasteiger partial charge in [-0.25, -0.2) is 0 Å². The quantitative estimate of drug-likeness (QED) is 0.724. The molecule has 4 nitrogen and oxygen atoms in total. The van der Waals surface area contributed by atoms with Crippen molar-refractivity contribution in [3.05, 3.63) is 52.8 Å². The number of benzene rings is 1. The summed E-state index contributed by atoms with van der Waals surface area (Å²) in [6.45, 7) is 4.35. The molecule has 0 N–H and O–H groups in total. The molecule has 0 bridgehead atoms. The molecule has 1 aliphatic rings. The Hall–Kier alpha value is -1.36. The first kappa shape index (κ1) is 16.5. The normalized spacial score (nSPS) is 16.8. The Kier molecular flexibility index (Phi) is 5.70. The van der Waals surface area contributed by atoms with Crippen LogP contribution < -0.4 is 0 Å². The van der Waals surface area contributed by atoms with E-state index in [0.29, 0.717) is 0 Å². The monoisotopic (exact) mass is 333 g/mol. The third kappa shape index (κ3) is 4.56. The van der Waals surface area contributed by atoms with Gasteiger partial charge in [-0.15, -0.1) is 0 Å². The third-order valence-electron chi connectivity index (χ3n) is 4.30. The van der Waals surface area contributed by atoms with Gasteiger partial charge >= 0.3 is 0 Å². The molecule has 0 saturated carbocycles. The van der Waals surface area contributed by atoms with Crippen molar-refractivity contribution in [2.24, 2.45) is 7.05 Å². The van der Waals surface area contributed by atoms with Crippen LogP contribution >= 0.6 is 11.6 Å². The molecule has 0 amide bonds. The van der Waals surface area contributed by atoms with Gasteiger partial charge in [-0.05, 0) is 50.0 Å². The molecule has 1 atom stereocenters. The van der Waals surface area contributed by atoms with E-state index in [2.05, 4.69) is 10.00 Å². The minimum Gasteiger partial charge on any atom is -0.369 e. The number of aromatic nitrogens is 2. The molecule has 5 heteroatoms. The van der Waals surface area contributed by atoms with Gasteiger partial charge in [0.2, 0.25) is 0 Å². The minimum atomic E-state index is -0.0838. The summed E-state index contributed by atoms with van der Waals surface area (Å²) in [6, 6.07) is 7.88. The summed E-state index contributed by atoms with van der Waals surface area (Å²) in [5, 5.41) is 5.02. The first-order valence-corrected chi connectivity index (χ1v) is 8.68. The van der Waals surface area contributed by atoms with Gasteiger partial charge in [0.05, 0.1) is 6.20 Å². The van der Waals surface area contributed by atoms with Crippen LogP contribution in [0.3, 0.4) is 0 Å². The Morgan fingerprint density at radius 3 is 2.57 bits per heavy atom. The summed E-state index contributed by atoms with van der Waals surface area (Å²) in [6.07, 6.45) is 7.54. The van der Waals surface area contributed by atoms with E-state index < -0.39 is 0 Å². The van der Waals surface area contributed by atoms with Crippen molar-refractivity contribution in [3.63, 3.8) is 0 Å². The summed E-state index contributed by atoms with van der Waals surface area (Å²) in [4.78, 5) is 2.52. The molecular weight excluding hydrogens is 310 g/mol. The highest BCUT2D eigenvalue weighted by molar-refractivity contribution is 6.30. The van der Waals surface area contributed by atoms with Gasteiger partial charge in [0, 0.05) is 37.0 Å². The second-order valence-electron chi connectivity index (χ2n) is 6.15. The standard InChI is InChI=1S/C18H24ClN3O/c1-21-14-16(13-20-21)18(15-5-7-17(19)8-6-15)23-12-4-11-22-9-2-3-10-22/h5-8,13-14,18H,2-4,9-12H2,1H3. The van der Waals surface area contributed by atoms with E-state index in [0.717, 1.165) is 35.7 Å². The lowest BCUT2D eigenvalue weighted by Crippen LogP contribution is -2.22. The second-order valence-corrected chi connectivity index (χ2v) is 6.59. The lowest BCUT2D eigenvalue weighted by Gasteiger charge is -2.19. The number of aryl methyl sites for hydroxylation is 1. The maximum Gasteiger partial charge on any atom is 0.111 e. The summed E-state index contributed by atoms with van der Waals surface area (Å²) in [7, 11) is 1.93. The van der Waals surface area contributed by atoms with Crippen molar-refractivity contribution in [3.8, 4) is 0 Å². The fourth-order valence-electron chi connectivity index (χ4n) is 3.09. The number of hydrogen-bond donors (Lipinski definition) is 0. The van der Waals surface area contributed by atoms with Crippen LogP contribution in [0.1, 0.15) is 36.5 Å². The topological polar surface area (TPSA) is 30.3 Å². The smallest absolute Gasteiger partial charge is 0.111 e. The molecule has 23 heavy (non-hydrogen) atoms. The number of rotatable bonds is 7. The highest BCUT2D eigenvalue weighted by Crippen LogP contribution is 2.27. The lowest BCUT2D eigenvalue weighted by atomic mass is 10.0. The Bertz CT molecular complexity index is 605. The van der Waals surface area contributed by atoms with Crippen LogP contribution in [0.5, 0.6) is 0 Å². The zero-order valence-corrected chi connectivity index (χ0v) is 14.4. The predicted molar refractivity (Wildman–Crippen MR) is 92.7 cm³/mol. The highest BCUT2D eigenvalue weighted by Gasteiger charge is 2.17. The minimum absolute atomic E-state index is 0.0838. The second kappa shape index (κ2) is 7.95. The van der Waals surface area contributed by atoms with E-state index in [4.69, 9.17) is 16.3 Å². The fourth-order valence-corrected chi connectivity index (χ4v) is 3.22. The molecule has 1 fully saturated rings. The fraction of sp³-hybridized carbons (Fsp3) is 0.500. The molecule has 124 valence electrons. The SMILES string of the molecule is Cn1cc(C(OCCCN2CCCC2)c2ccc(Cl)cc2)cn1. The third-order valence-corrected chi connectivity index (χ3v) is 4.55. The summed E-state index contributed by atoms with van der Waals surface area (Å²) in [5.74, 6) is 0. The molecule has 0 radical (unpaired) electrons. The van der Waals surface area contributed by atoms with Gasteiger partial charge in [0.25, 0.3) is 0 Å². The number of halogens is 1. The molecule has 1 saturated heterocycles. The van der Waals surface area contributed by atoms with Crippen molar-refractivity contribution in [2.75, 3.05) is 26.2 Å². The molecule has 1 aliphatic heterocycles. The van der Waals surface area contributed by atoms with E-state index in [9.17, 15) is 0 Å². The van der Waals surface area contributed by atoms with Crippen LogP contribution in [-0.4, -0.2) is 40.9 Å². The molecule has 1 aromatic heterocycles. The van der Waals surface area contributed by atoms with Gasteiger partial charge in [0.15, 0.2) is 0 Å². The lowest BCUT2D eigenvalue weighted by molar-refractivity contribution is 0.0730. The van der Waals surface area contributed by atoms with Crippen LogP contribution in [-0.2, 0) is 11.8 Å². The van der Waals surface area contributed by atoms with Crippen LogP contribution in [0, 0.1) is 0 Å². The average Bonchev–Trinajstić information content (AvgIpc) is 3.20. The Labute approximate surface area is 143 Å². The number of likely N-dealkylation sites (tertiary alicyclic amines) is 1. The molecule has 0 aliphatic carbocycles. The molecule has 1 unspecified atom stereocenters. The van der Waals surface area contributed by atoms with E-state index in [-0.39, 0.29) is 6.10 Å². The van der Waals surface area contributed by atoms with E-state index in [1.54, 1.807) is 0 Å². The van der Waals surface area contributed by atoms with E-state index in [1.165, 1.54) is 25.9 Å². The predicted octanol–water partition coefficient (Wildman–Crippen LogP) is 3.67. The summed E-state index contributed by atoms with van der Waals surface area (Å²) >= 11 is 6.00. The number of ether oxygens (including phenoxy) is 1. The van der Waals surface area contributed by atoms with Crippen molar-refractivity contribution in [1.82, 2.24) is 14.7 Å². The first-order valence-electron chi connectivity index (χ1n) is 8.30. The Morgan fingerprint density at radius 1 is 1.17 bits per heavy atom. The van der Waals surface area contributed by atoms with Crippen molar-refractivity contribution in [1.29, 1.82) is 0 Å². The van der Waals surface area contributed by atoms with E-state index in [1.807, 2.05) is 48.4 Å². The van der Waals surface area contributed by atoms with Crippen molar-refractivity contribution < 1.29 is 4.74 Å². The maximum atomic E-state index is 6.20. The van der Waals surface area contributed by atoms with Gasteiger partial charge in [-0.1, -0.05) is 23.7 Å². The maximum absolute atomic E-state index is 6.20. The van der Waals surface area contributed by atoms with Gasteiger partial charge < -0.3 is 9.64 Å². The Morgan fingerprint density at radius 2 is 1.91 bits per heavy atom.